The number of amides is 1. The number of carboxylic acid groups (broad SMARTS) is 1. The van der Waals surface area contributed by atoms with Crippen molar-refractivity contribution in [2.24, 2.45) is 0 Å². The van der Waals surface area contributed by atoms with Gasteiger partial charge in [0.15, 0.2) is 0 Å². The molecule has 0 heterocycles. The number of aliphatic carboxylic acids is 1. The Morgan fingerprint density at radius 1 is 1.40 bits per heavy atom. The molecule has 1 fully saturated rings. The Labute approximate surface area is 112 Å². The second-order valence-electron chi connectivity index (χ2n) is 4.61. The van der Waals surface area contributed by atoms with Crippen LogP contribution in [0, 0.1) is 15.9 Å². The van der Waals surface area contributed by atoms with Gasteiger partial charge in [-0.2, -0.15) is 0 Å². The van der Waals surface area contributed by atoms with E-state index in [2.05, 4.69) is 5.32 Å². The van der Waals surface area contributed by atoms with Crippen LogP contribution in [-0.4, -0.2) is 27.4 Å². The van der Waals surface area contributed by atoms with Gasteiger partial charge in [-0.25, -0.2) is 9.18 Å². The highest BCUT2D eigenvalue weighted by Gasteiger charge is 2.46. The summed E-state index contributed by atoms with van der Waals surface area (Å²) in [7, 11) is 0. The van der Waals surface area contributed by atoms with Gasteiger partial charge >= 0.3 is 5.97 Å². The smallest absolute Gasteiger partial charge is 0.329 e. The predicted molar refractivity (Wildman–Crippen MR) is 64.7 cm³/mol. The fraction of sp³-hybridized carbons (Fsp3) is 0.333. The predicted octanol–water partition coefficient (Wildman–Crippen LogP) is 1.47. The lowest BCUT2D eigenvalue weighted by Gasteiger charge is -2.38. The zero-order valence-electron chi connectivity index (χ0n) is 10.3. The summed E-state index contributed by atoms with van der Waals surface area (Å²) >= 11 is 0. The number of carboxylic acids is 1. The van der Waals surface area contributed by atoms with Crippen molar-refractivity contribution < 1.29 is 24.0 Å². The first-order chi connectivity index (χ1) is 9.35. The van der Waals surface area contributed by atoms with E-state index in [1.165, 1.54) is 0 Å². The minimum Gasteiger partial charge on any atom is -0.480 e. The normalized spacial score (nSPS) is 16.1. The van der Waals surface area contributed by atoms with Gasteiger partial charge in [-0.3, -0.25) is 14.9 Å². The Balaban J connectivity index is 2.30. The van der Waals surface area contributed by atoms with Gasteiger partial charge in [-0.05, 0) is 31.4 Å². The number of halogens is 1. The summed E-state index contributed by atoms with van der Waals surface area (Å²) in [5, 5.41) is 22.2. The summed E-state index contributed by atoms with van der Waals surface area (Å²) < 4.78 is 13.0. The lowest BCUT2D eigenvalue weighted by molar-refractivity contribution is -0.385. The van der Waals surface area contributed by atoms with Crippen LogP contribution in [0.25, 0.3) is 0 Å². The highest BCUT2D eigenvalue weighted by Crippen LogP contribution is 2.33. The van der Waals surface area contributed by atoms with Crippen LogP contribution in [-0.2, 0) is 4.79 Å². The van der Waals surface area contributed by atoms with Crippen molar-refractivity contribution in [3.05, 3.63) is 39.7 Å². The van der Waals surface area contributed by atoms with E-state index in [1.54, 1.807) is 0 Å². The molecule has 0 spiro atoms. The molecule has 2 N–H and O–H groups in total. The molecule has 1 aliphatic carbocycles. The molecule has 0 aliphatic heterocycles. The van der Waals surface area contributed by atoms with Crippen LogP contribution >= 0.6 is 0 Å². The van der Waals surface area contributed by atoms with E-state index < -0.39 is 33.8 Å². The number of benzene rings is 1. The molecule has 0 unspecified atom stereocenters. The number of nitrogens with zero attached hydrogens (tertiary/aromatic N) is 1. The molecule has 7 nitrogen and oxygen atoms in total. The number of nitro groups is 1. The van der Waals surface area contributed by atoms with Crippen molar-refractivity contribution in [1.29, 1.82) is 0 Å². The summed E-state index contributed by atoms with van der Waals surface area (Å²) in [5.74, 6) is -2.91. The van der Waals surface area contributed by atoms with Crippen molar-refractivity contribution in [2.75, 3.05) is 0 Å². The first-order valence-corrected chi connectivity index (χ1v) is 5.85. The summed E-state index contributed by atoms with van der Waals surface area (Å²) in [6.45, 7) is 0. The SMILES string of the molecule is O=C(NC1(C(=O)O)CCC1)c1ccc(F)cc1[N+](=O)[O-]. The summed E-state index contributed by atoms with van der Waals surface area (Å²) in [6.07, 6.45) is 1.18. The Hall–Kier alpha value is -2.51. The molecule has 0 saturated heterocycles. The zero-order valence-corrected chi connectivity index (χ0v) is 10.3. The first-order valence-electron chi connectivity index (χ1n) is 5.85. The van der Waals surface area contributed by atoms with Crippen molar-refractivity contribution in [3.63, 3.8) is 0 Å². The molecule has 1 amide bonds. The number of rotatable bonds is 4. The highest BCUT2D eigenvalue weighted by molar-refractivity contribution is 6.01. The van der Waals surface area contributed by atoms with Crippen LogP contribution in [0.15, 0.2) is 18.2 Å². The summed E-state index contributed by atoms with van der Waals surface area (Å²) in [4.78, 5) is 33.0. The molecule has 1 aromatic rings. The number of hydrogen-bond donors (Lipinski definition) is 2. The van der Waals surface area contributed by atoms with Crippen molar-refractivity contribution in [2.45, 2.75) is 24.8 Å². The molecule has 1 aliphatic rings. The second kappa shape index (κ2) is 4.87. The third-order valence-corrected chi connectivity index (χ3v) is 3.37. The van der Waals surface area contributed by atoms with Gasteiger partial charge in [0.1, 0.15) is 16.9 Å². The minimum absolute atomic E-state index is 0.267. The largest absolute Gasteiger partial charge is 0.480 e. The van der Waals surface area contributed by atoms with Gasteiger partial charge in [-0.15, -0.1) is 0 Å². The lowest BCUT2D eigenvalue weighted by atomic mass is 9.76. The molecule has 0 bridgehead atoms. The van der Waals surface area contributed by atoms with Crippen molar-refractivity contribution >= 4 is 17.6 Å². The third kappa shape index (κ3) is 2.31. The van der Waals surface area contributed by atoms with Crippen LogP contribution < -0.4 is 5.32 Å². The molecule has 0 atom stereocenters. The van der Waals surface area contributed by atoms with E-state index in [0.717, 1.165) is 12.1 Å². The van der Waals surface area contributed by atoms with Crippen LogP contribution in [0.3, 0.4) is 0 Å². The van der Waals surface area contributed by atoms with E-state index >= 15 is 0 Å². The van der Waals surface area contributed by atoms with E-state index in [-0.39, 0.29) is 18.4 Å². The summed E-state index contributed by atoms with van der Waals surface area (Å²) in [5.41, 5.74) is -2.43. The maximum absolute atomic E-state index is 13.0. The third-order valence-electron chi connectivity index (χ3n) is 3.37. The molecule has 0 aromatic heterocycles. The Bertz CT molecular complexity index is 598. The Morgan fingerprint density at radius 2 is 2.05 bits per heavy atom. The van der Waals surface area contributed by atoms with Crippen LogP contribution in [0.4, 0.5) is 10.1 Å². The molecule has 20 heavy (non-hydrogen) atoms. The average Bonchev–Trinajstić information content (AvgIpc) is 2.32. The van der Waals surface area contributed by atoms with E-state index in [4.69, 9.17) is 5.11 Å². The molecule has 0 radical (unpaired) electrons. The maximum Gasteiger partial charge on any atom is 0.329 e. The Morgan fingerprint density at radius 3 is 2.50 bits per heavy atom. The van der Waals surface area contributed by atoms with Gasteiger partial charge in [0.2, 0.25) is 0 Å². The van der Waals surface area contributed by atoms with Gasteiger partial charge in [-0.1, -0.05) is 0 Å². The van der Waals surface area contributed by atoms with E-state index in [1.807, 2.05) is 0 Å². The zero-order chi connectivity index (χ0) is 14.9. The summed E-state index contributed by atoms with van der Waals surface area (Å²) in [6, 6.07) is 2.51. The van der Waals surface area contributed by atoms with E-state index in [9.17, 15) is 24.1 Å². The molecular formula is C12H11FN2O5. The van der Waals surface area contributed by atoms with Crippen molar-refractivity contribution in [1.82, 2.24) is 5.32 Å². The number of nitro benzene ring substituents is 1. The number of carbonyl (C=O) groups excluding carboxylic acids is 1. The fourth-order valence-electron chi connectivity index (χ4n) is 2.06. The minimum atomic E-state index is -1.38. The Kier molecular flexibility index (Phi) is 3.39. The number of carbonyl (C=O) groups is 2. The quantitative estimate of drug-likeness (QED) is 0.642. The highest BCUT2D eigenvalue weighted by atomic mass is 19.1. The monoisotopic (exact) mass is 282 g/mol. The van der Waals surface area contributed by atoms with Gasteiger partial charge in [0.25, 0.3) is 11.6 Å². The molecule has 1 aromatic carbocycles. The van der Waals surface area contributed by atoms with Gasteiger partial charge in [0, 0.05) is 0 Å². The van der Waals surface area contributed by atoms with E-state index in [0.29, 0.717) is 12.5 Å². The molecule has 1 saturated carbocycles. The van der Waals surface area contributed by atoms with Gasteiger partial charge in [0.05, 0.1) is 11.0 Å². The topological polar surface area (TPSA) is 110 Å². The maximum atomic E-state index is 13.0. The first kappa shape index (κ1) is 13.9. The van der Waals surface area contributed by atoms with Crippen LogP contribution in [0.5, 0.6) is 0 Å². The standard InChI is InChI=1S/C12H11FN2O5/c13-7-2-3-8(9(6-7)15(19)20)10(16)14-12(11(17)18)4-1-5-12/h2-3,6H,1,4-5H2,(H,14,16)(H,17,18). The molecule has 8 heteroatoms. The molecular weight excluding hydrogens is 271 g/mol. The lowest BCUT2D eigenvalue weighted by Crippen LogP contribution is -2.59. The fourth-order valence-corrected chi connectivity index (χ4v) is 2.06. The number of hydrogen-bond acceptors (Lipinski definition) is 4. The molecule has 106 valence electrons. The van der Waals surface area contributed by atoms with Crippen LogP contribution in [0.2, 0.25) is 0 Å². The number of nitrogens with one attached hydrogen (secondary N) is 1. The van der Waals surface area contributed by atoms with Crippen LogP contribution in [0.1, 0.15) is 29.6 Å². The van der Waals surface area contributed by atoms with Gasteiger partial charge < -0.3 is 10.4 Å². The molecule has 2 rings (SSSR count). The van der Waals surface area contributed by atoms with Crippen molar-refractivity contribution in [3.8, 4) is 0 Å². The second-order valence-corrected chi connectivity index (χ2v) is 4.61. The average molecular weight is 282 g/mol.